The van der Waals surface area contributed by atoms with Crippen LogP contribution in [0.15, 0.2) is 35.5 Å². The van der Waals surface area contributed by atoms with Crippen LogP contribution in [0.5, 0.6) is 0 Å². The number of aromatic nitrogens is 5. The number of carbonyl (C=O) groups is 1. The van der Waals surface area contributed by atoms with Crippen molar-refractivity contribution in [1.29, 1.82) is 0 Å². The summed E-state index contributed by atoms with van der Waals surface area (Å²) in [6.45, 7) is 6.10. The van der Waals surface area contributed by atoms with E-state index in [9.17, 15) is 9.18 Å². The summed E-state index contributed by atoms with van der Waals surface area (Å²) in [4.78, 5) is 14.1. The minimum absolute atomic E-state index is 0.123. The first-order valence-electron chi connectivity index (χ1n) is 8.33. The number of carbonyl (C=O) groups excluding carboxylic acids is 1. The Morgan fingerprint density at radius 2 is 1.96 bits per heavy atom. The Kier molecular flexibility index (Phi) is 5.45. The van der Waals surface area contributed by atoms with Gasteiger partial charge in [0, 0.05) is 17.9 Å². The summed E-state index contributed by atoms with van der Waals surface area (Å²) in [5, 5.41) is 12.9. The first-order chi connectivity index (χ1) is 12.9. The van der Waals surface area contributed by atoms with Gasteiger partial charge in [0.15, 0.2) is 0 Å². The molecule has 0 radical (unpaired) electrons. The highest BCUT2D eigenvalue weighted by Crippen LogP contribution is 2.20. The van der Waals surface area contributed by atoms with Crippen molar-refractivity contribution < 1.29 is 9.18 Å². The number of nitrogen functional groups attached to an aromatic ring is 1. The van der Waals surface area contributed by atoms with Crippen LogP contribution in [0.4, 0.5) is 10.1 Å². The number of hydrogen-bond acceptors (Lipinski definition) is 6. The van der Waals surface area contributed by atoms with Gasteiger partial charge in [0.2, 0.25) is 11.1 Å². The molecule has 0 unspecified atom stereocenters. The van der Waals surface area contributed by atoms with Crippen molar-refractivity contribution in [2.75, 3.05) is 23.0 Å². The SMILES string of the molecule is CCN(C(=O)CSc1nnc(-n2nc(C)cc2C)n1N)c1ccc(F)cc1. The largest absolute Gasteiger partial charge is 0.334 e. The highest BCUT2D eigenvalue weighted by Gasteiger charge is 2.19. The standard InChI is InChI=1S/C17H20FN7OS/c1-4-23(14-7-5-13(18)6-8-14)15(26)10-27-17-21-20-16(24(17)19)25-12(3)9-11(2)22-25/h5-9H,4,10,19H2,1-3H3. The number of nitrogens with zero attached hydrogens (tertiary/aromatic N) is 6. The van der Waals surface area contributed by atoms with Crippen LogP contribution < -0.4 is 10.7 Å². The predicted octanol–water partition coefficient (Wildman–Crippen LogP) is 2.08. The zero-order valence-electron chi connectivity index (χ0n) is 15.3. The highest BCUT2D eigenvalue weighted by molar-refractivity contribution is 7.99. The van der Waals surface area contributed by atoms with E-state index < -0.39 is 0 Å². The molecule has 2 N–H and O–H groups in total. The Bertz CT molecular complexity index is 951. The van der Waals surface area contributed by atoms with Crippen LogP contribution in [-0.2, 0) is 4.79 Å². The zero-order valence-corrected chi connectivity index (χ0v) is 16.1. The smallest absolute Gasteiger partial charge is 0.271 e. The van der Waals surface area contributed by atoms with Gasteiger partial charge < -0.3 is 10.7 Å². The molecule has 0 aliphatic rings. The normalized spacial score (nSPS) is 11.0. The maximum Gasteiger partial charge on any atom is 0.271 e. The molecule has 0 spiro atoms. The summed E-state index contributed by atoms with van der Waals surface area (Å²) < 4.78 is 16.0. The van der Waals surface area contributed by atoms with E-state index in [0.717, 1.165) is 11.4 Å². The summed E-state index contributed by atoms with van der Waals surface area (Å²) in [6, 6.07) is 7.72. The van der Waals surface area contributed by atoms with Crippen molar-refractivity contribution in [3.63, 3.8) is 0 Å². The van der Waals surface area contributed by atoms with Crippen LogP contribution in [0.25, 0.3) is 5.95 Å². The number of nitrogens with two attached hydrogens (primary N) is 1. The van der Waals surface area contributed by atoms with Gasteiger partial charge in [-0.3, -0.25) is 4.79 Å². The van der Waals surface area contributed by atoms with Gasteiger partial charge in [0.05, 0.1) is 11.4 Å². The van der Waals surface area contributed by atoms with E-state index in [-0.39, 0.29) is 17.5 Å². The number of halogens is 1. The van der Waals surface area contributed by atoms with Gasteiger partial charge in [-0.15, -0.1) is 10.2 Å². The van der Waals surface area contributed by atoms with Crippen molar-refractivity contribution in [1.82, 2.24) is 24.7 Å². The molecule has 3 aromatic rings. The van der Waals surface area contributed by atoms with Crippen molar-refractivity contribution in [2.24, 2.45) is 0 Å². The van der Waals surface area contributed by atoms with Crippen LogP contribution in [0.3, 0.4) is 0 Å². The summed E-state index contributed by atoms with van der Waals surface area (Å²) >= 11 is 1.18. The molecule has 1 amide bonds. The monoisotopic (exact) mass is 389 g/mol. The lowest BCUT2D eigenvalue weighted by molar-refractivity contribution is -0.116. The summed E-state index contributed by atoms with van der Waals surface area (Å²) in [5.74, 6) is 6.10. The van der Waals surface area contributed by atoms with Crippen LogP contribution in [0.2, 0.25) is 0 Å². The topological polar surface area (TPSA) is 94.9 Å². The van der Waals surface area contributed by atoms with E-state index in [2.05, 4.69) is 15.3 Å². The number of aryl methyl sites for hydroxylation is 2. The first kappa shape index (κ1) is 18.9. The number of anilines is 1. The molecule has 0 aliphatic carbocycles. The fraction of sp³-hybridized carbons (Fsp3) is 0.294. The molecular formula is C17H20FN7OS. The third kappa shape index (κ3) is 3.95. The fourth-order valence-electron chi connectivity index (χ4n) is 2.67. The predicted molar refractivity (Wildman–Crippen MR) is 102 cm³/mol. The van der Waals surface area contributed by atoms with Gasteiger partial charge in [0.25, 0.3) is 5.95 Å². The molecule has 10 heteroatoms. The van der Waals surface area contributed by atoms with Gasteiger partial charge in [0.1, 0.15) is 5.82 Å². The molecule has 142 valence electrons. The van der Waals surface area contributed by atoms with Gasteiger partial charge in [-0.2, -0.15) is 5.10 Å². The van der Waals surface area contributed by atoms with Gasteiger partial charge in [-0.05, 0) is 51.1 Å². The second kappa shape index (κ2) is 7.78. The van der Waals surface area contributed by atoms with Gasteiger partial charge >= 0.3 is 0 Å². The van der Waals surface area contributed by atoms with Gasteiger partial charge in [-0.25, -0.2) is 13.7 Å². The molecule has 0 aliphatic heterocycles. The number of rotatable bonds is 6. The lowest BCUT2D eigenvalue weighted by atomic mass is 10.3. The van der Waals surface area contributed by atoms with Crippen molar-refractivity contribution in [3.8, 4) is 5.95 Å². The molecule has 0 fully saturated rings. The molecular weight excluding hydrogens is 369 g/mol. The molecule has 2 aromatic heterocycles. The Labute approximate surface area is 160 Å². The van der Waals surface area contributed by atoms with Crippen LogP contribution in [0, 0.1) is 19.7 Å². The lowest BCUT2D eigenvalue weighted by Crippen LogP contribution is -2.32. The average molecular weight is 389 g/mol. The van der Waals surface area contributed by atoms with Crippen molar-refractivity contribution in [3.05, 3.63) is 47.5 Å². The number of thioether (sulfide) groups is 1. The zero-order chi connectivity index (χ0) is 19.6. The van der Waals surface area contributed by atoms with Gasteiger partial charge in [-0.1, -0.05) is 11.8 Å². The van der Waals surface area contributed by atoms with E-state index in [1.807, 2.05) is 26.8 Å². The molecule has 0 bridgehead atoms. The quantitative estimate of drug-likeness (QED) is 0.512. The summed E-state index contributed by atoms with van der Waals surface area (Å²) in [7, 11) is 0. The van der Waals surface area contributed by atoms with E-state index in [0.29, 0.717) is 23.3 Å². The van der Waals surface area contributed by atoms with E-state index >= 15 is 0 Å². The van der Waals surface area contributed by atoms with Crippen LogP contribution in [-0.4, -0.2) is 42.9 Å². The van der Waals surface area contributed by atoms with E-state index in [1.54, 1.807) is 21.7 Å². The summed E-state index contributed by atoms with van der Waals surface area (Å²) in [5.41, 5.74) is 2.37. The van der Waals surface area contributed by atoms with E-state index in [4.69, 9.17) is 5.84 Å². The second-order valence-electron chi connectivity index (χ2n) is 5.89. The lowest BCUT2D eigenvalue weighted by Gasteiger charge is -2.20. The first-order valence-corrected chi connectivity index (χ1v) is 9.32. The van der Waals surface area contributed by atoms with Crippen LogP contribution in [0.1, 0.15) is 18.3 Å². The Balaban J connectivity index is 1.72. The maximum atomic E-state index is 13.1. The number of amides is 1. The molecule has 3 rings (SSSR count). The minimum atomic E-state index is -0.343. The van der Waals surface area contributed by atoms with Crippen LogP contribution >= 0.6 is 11.8 Å². The Morgan fingerprint density at radius 1 is 1.26 bits per heavy atom. The maximum absolute atomic E-state index is 13.1. The molecule has 2 heterocycles. The molecule has 0 saturated heterocycles. The average Bonchev–Trinajstić information content (AvgIpc) is 3.16. The molecule has 0 atom stereocenters. The van der Waals surface area contributed by atoms with Crippen molar-refractivity contribution in [2.45, 2.75) is 25.9 Å². The Hall–Kier alpha value is -2.88. The Morgan fingerprint density at radius 3 is 2.56 bits per heavy atom. The third-order valence-electron chi connectivity index (χ3n) is 3.93. The molecule has 8 nitrogen and oxygen atoms in total. The minimum Gasteiger partial charge on any atom is -0.334 e. The molecule has 1 aromatic carbocycles. The third-order valence-corrected chi connectivity index (χ3v) is 4.85. The summed E-state index contributed by atoms with van der Waals surface area (Å²) in [6.07, 6.45) is 0. The van der Waals surface area contributed by atoms with E-state index in [1.165, 1.54) is 28.6 Å². The fourth-order valence-corrected chi connectivity index (χ4v) is 3.40. The second-order valence-corrected chi connectivity index (χ2v) is 6.84. The molecule has 27 heavy (non-hydrogen) atoms. The number of hydrogen-bond donors (Lipinski definition) is 1. The van der Waals surface area contributed by atoms with Crippen molar-refractivity contribution >= 4 is 23.4 Å². The molecule has 0 saturated carbocycles. The number of benzene rings is 1. The highest BCUT2D eigenvalue weighted by atomic mass is 32.2.